The Hall–Kier alpha value is -1.65. The van der Waals surface area contributed by atoms with Crippen molar-refractivity contribution in [2.24, 2.45) is 0 Å². The number of nitrogen functional groups attached to an aromatic ring is 1. The zero-order chi connectivity index (χ0) is 10.1. The second-order valence-electron chi connectivity index (χ2n) is 3.38. The molecule has 0 aromatic carbocycles. The highest BCUT2D eigenvalue weighted by Crippen LogP contribution is 2.23. The lowest BCUT2D eigenvalue weighted by atomic mass is 10.1. The highest BCUT2D eigenvalue weighted by atomic mass is 16.1. The van der Waals surface area contributed by atoms with Crippen LogP contribution in [0.15, 0.2) is 0 Å². The fourth-order valence-electron chi connectivity index (χ4n) is 1.59. The van der Waals surface area contributed by atoms with Gasteiger partial charge in [0.25, 0.3) is 0 Å². The Morgan fingerprint density at radius 2 is 2.14 bits per heavy atom. The average molecular weight is 192 g/mol. The van der Waals surface area contributed by atoms with Crippen LogP contribution in [0.5, 0.6) is 0 Å². The van der Waals surface area contributed by atoms with Crippen LogP contribution in [-0.2, 0) is 11.2 Å². The first kappa shape index (κ1) is 8.93. The van der Waals surface area contributed by atoms with Gasteiger partial charge in [0, 0.05) is 12.0 Å². The number of fused-ring (bicyclic) bond motifs is 1. The third-order valence-electron chi connectivity index (χ3n) is 2.24. The van der Waals surface area contributed by atoms with Crippen LogP contribution in [0, 0.1) is 6.92 Å². The van der Waals surface area contributed by atoms with E-state index in [1.54, 1.807) is 6.92 Å². The Morgan fingerprint density at radius 3 is 2.93 bits per heavy atom. The summed E-state index contributed by atoms with van der Waals surface area (Å²) in [5.74, 6) is 1.65. The highest BCUT2D eigenvalue weighted by Gasteiger charge is 2.17. The Morgan fingerprint density at radius 1 is 1.36 bits per heavy atom. The minimum Gasteiger partial charge on any atom is -0.383 e. The van der Waals surface area contributed by atoms with Gasteiger partial charge in [0.15, 0.2) is 0 Å². The molecule has 2 rings (SSSR count). The van der Waals surface area contributed by atoms with Crippen molar-refractivity contribution in [3.63, 3.8) is 0 Å². The summed E-state index contributed by atoms with van der Waals surface area (Å²) < 4.78 is 0. The highest BCUT2D eigenvalue weighted by molar-refractivity contribution is 5.91. The van der Waals surface area contributed by atoms with Crippen molar-refractivity contribution in [1.29, 1.82) is 0 Å². The number of nitrogens with zero attached hydrogens (tertiary/aromatic N) is 2. The van der Waals surface area contributed by atoms with E-state index in [1.807, 2.05) is 0 Å². The van der Waals surface area contributed by atoms with Crippen molar-refractivity contribution in [2.45, 2.75) is 26.2 Å². The van der Waals surface area contributed by atoms with E-state index in [-0.39, 0.29) is 5.91 Å². The van der Waals surface area contributed by atoms with Gasteiger partial charge in [-0.2, -0.15) is 0 Å². The molecule has 2 heterocycles. The number of rotatable bonds is 0. The molecule has 0 unspecified atom stereocenters. The number of aromatic nitrogens is 2. The molecule has 1 aliphatic rings. The lowest BCUT2D eigenvalue weighted by Gasteiger charge is -2.08. The summed E-state index contributed by atoms with van der Waals surface area (Å²) in [6.07, 6.45) is 2.09. The van der Waals surface area contributed by atoms with Crippen molar-refractivity contribution in [1.82, 2.24) is 9.97 Å². The fourth-order valence-corrected chi connectivity index (χ4v) is 1.59. The maximum absolute atomic E-state index is 11.3. The van der Waals surface area contributed by atoms with Crippen LogP contribution in [0.4, 0.5) is 11.6 Å². The Bertz CT molecular complexity index is 389. The van der Waals surface area contributed by atoms with Gasteiger partial charge in [0.05, 0.1) is 0 Å². The standard InChI is InChI=1S/C9H12N4O/c1-5-11-8(10)6-3-2-4-7(14)13-9(6)12-5/h2-4H2,1H3,(H3,10,11,12,13,14). The molecule has 5 nitrogen and oxygen atoms in total. The summed E-state index contributed by atoms with van der Waals surface area (Å²) in [7, 11) is 0. The summed E-state index contributed by atoms with van der Waals surface area (Å²) in [5, 5.41) is 2.73. The van der Waals surface area contributed by atoms with Crippen LogP contribution in [0.25, 0.3) is 0 Å². The minimum atomic E-state index is 0.00116. The normalized spacial score (nSPS) is 15.6. The zero-order valence-electron chi connectivity index (χ0n) is 8.00. The number of amides is 1. The van der Waals surface area contributed by atoms with Crippen LogP contribution < -0.4 is 11.1 Å². The number of hydrogen-bond acceptors (Lipinski definition) is 4. The summed E-state index contributed by atoms with van der Waals surface area (Å²) in [5.41, 5.74) is 6.62. The number of nitrogens with one attached hydrogen (secondary N) is 1. The van der Waals surface area contributed by atoms with E-state index in [0.717, 1.165) is 18.4 Å². The molecule has 0 aliphatic carbocycles. The maximum atomic E-state index is 11.3. The average Bonchev–Trinajstić information content (AvgIpc) is 2.25. The molecular weight excluding hydrogens is 180 g/mol. The van der Waals surface area contributed by atoms with Gasteiger partial charge in [-0.25, -0.2) is 9.97 Å². The smallest absolute Gasteiger partial charge is 0.225 e. The first-order valence-corrected chi connectivity index (χ1v) is 4.59. The van der Waals surface area contributed by atoms with Gasteiger partial charge < -0.3 is 11.1 Å². The first-order valence-electron chi connectivity index (χ1n) is 4.59. The number of hydrogen-bond donors (Lipinski definition) is 2. The third-order valence-corrected chi connectivity index (χ3v) is 2.24. The van der Waals surface area contributed by atoms with Gasteiger partial charge in [0.2, 0.25) is 5.91 Å². The lowest BCUT2D eigenvalue weighted by Crippen LogP contribution is -2.12. The van der Waals surface area contributed by atoms with E-state index < -0.39 is 0 Å². The minimum absolute atomic E-state index is 0.00116. The molecule has 14 heavy (non-hydrogen) atoms. The molecular formula is C9H12N4O. The summed E-state index contributed by atoms with van der Waals surface area (Å²) in [6, 6.07) is 0. The molecule has 1 aromatic rings. The maximum Gasteiger partial charge on any atom is 0.225 e. The van der Waals surface area contributed by atoms with Crippen LogP contribution in [0.1, 0.15) is 24.2 Å². The van der Waals surface area contributed by atoms with Crippen LogP contribution in [-0.4, -0.2) is 15.9 Å². The monoisotopic (exact) mass is 192 g/mol. The Balaban J connectivity index is 2.50. The number of nitrogens with two attached hydrogens (primary N) is 1. The SMILES string of the molecule is Cc1nc(N)c2c(n1)NC(=O)CCC2. The summed E-state index contributed by atoms with van der Waals surface area (Å²) >= 11 is 0. The summed E-state index contributed by atoms with van der Waals surface area (Å²) in [4.78, 5) is 19.5. The molecule has 74 valence electrons. The molecule has 0 saturated heterocycles. The molecule has 3 N–H and O–H groups in total. The van der Waals surface area contributed by atoms with E-state index in [9.17, 15) is 4.79 Å². The van der Waals surface area contributed by atoms with E-state index in [1.165, 1.54) is 0 Å². The van der Waals surface area contributed by atoms with Crippen LogP contribution in [0.3, 0.4) is 0 Å². The van der Waals surface area contributed by atoms with Crippen molar-refractivity contribution < 1.29 is 4.79 Å². The van der Waals surface area contributed by atoms with Crippen molar-refractivity contribution in [3.8, 4) is 0 Å². The van der Waals surface area contributed by atoms with E-state index in [2.05, 4.69) is 15.3 Å². The number of carbonyl (C=O) groups excluding carboxylic acids is 1. The topological polar surface area (TPSA) is 80.9 Å². The fraction of sp³-hybridized carbons (Fsp3) is 0.444. The molecule has 0 radical (unpaired) electrons. The molecule has 0 fully saturated rings. The molecule has 1 aromatic heterocycles. The molecule has 0 saturated carbocycles. The molecule has 1 aliphatic heterocycles. The first-order chi connectivity index (χ1) is 6.66. The predicted octanol–water partition coefficient (Wildman–Crippen LogP) is 0.642. The van der Waals surface area contributed by atoms with Gasteiger partial charge >= 0.3 is 0 Å². The predicted molar refractivity (Wildman–Crippen MR) is 52.7 cm³/mol. The van der Waals surface area contributed by atoms with Crippen LogP contribution >= 0.6 is 0 Å². The van der Waals surface area contributed by atoms with Crippen molar-refractivity contribution >= 4 is 17.5 Å². The third kappa shape index (κ3) is 1.53. The molecule has 0 spiro atoms. The Labute approximate surface area is 81.7 Å². The van der Waals surface area contributed by atoms with Crippen molar-refractivity contribution in [3.05, 3.63) is 11.4 Å². The number of carbonyl (C=O) groups is 1. The van der Waals surface area contributed by atoms with Gasteiger partial charge in [-0.1, -0.05) is 0 Å². The Kier molecular flexibility index (Phi) is 2.07. The van der Waals surface area contributed by atoms with Gasteiger partial charge in [-0.05, 0) is 19.8 Å². The molecule has 1 amide bonds. The number of aryl methyl sites for hydroxylation is 1. The largest absolute Gasteiger partial charge is 0.383 e. The molecule has 0 atom stereocenters. The quantitative estimate of drug-likeness (QED) is 0.632. The van der Waals surface area contributed by atoms with E-state index >= 15 is 0 Å². The zero-order valence-corrected chi connectivity index (χ0v) is 8.00. The van der Waals surface area contributed by atoms with Gasteiger partial charge in [-0.3, -0.25) is 4.79 Å². The van der Waals surface area contributed by atoms with Gasteiger partial charge in [-0.15, -0.1) is 0 Å². The molecule has 5 heteroatoms. The number of anilines is 2. The second-order valence-corrected chi connectivity index (χ2v) is 3.38. The molecule has 0 bridgehead atoms. The van der Waals surface area contributed by atoms with Crippen LogP contribution in [0.2, 0.25) is 0 Å². The second kappa shape index (κ2) is 3.25. The lowest BCUT2D eigenvalue weighted by molar-refractivity contribution is -0.116. The van der Waals surface area contributed by atoms with Crippen molar-refractivity contribution in [2.75, 3.05) is 11.1 Å². The van der Waals surface area contributed by atoms with E-state index in [4.69, 9.17) is 5.73 Å². The summed E-state index contributed by atoms with van der Waals surface area (Å²) in [6.45, 7) is 1.76. The van der Waals surface area contributed by atoms with Gasteiger partial charge in [0.1, 0.15) is 17.5 Å². The van der Waals surface area contributed by atoms with E-state index in [0.29, 0.717) is 23.9 Å².